The van der Waals surface area contributed by atoms with Crippen LogP contribution in [0, 0.1) is 5.92 Å². The Kier molecular flexibility index (Phi) is 5.25. The third-order valence-corrected chi connectivity index (χ3v) is 3.16. The molecular weight excluding hydrogens is 218 g/mol. The molecule has 17 heavy (non-hydrogen) atoms. The lowest BCUT2D eigenvalue weighted by Crippen LogP contribution is -2.51. The Labute approximate surface area is 103 Å². The Balaban J connectivity index is 2.35. The van der Waals surface area contributed by atoms with E-state index in [0.717, 1.165) is 25.9 Å². The molecule has 5 heteroatoms. The molecule has 1 saturated heterocycles. The van der Waals surface area contributed by atoms with Crippen LogP contribution >= 0.6 is 0 Å². The molecule has 0 aromatic heterocycles. The van der Waals surface area contributed by atoms with Gasteiger partial charge in [-0.3, -0.25) is 4.79 Å². The summed E-state index contributed by atoms with van der Waals surface area (Å²) in [6.45, 7) is 7.92. The molecule has 0 aromatic carbocycles. The van der Waals surface area contributed by atoms with Crippen LogP contribution in [0.4, 0.5) is 4.79 Å². The quantitative estimate of drug-likeness (QED) is 0.773. The Morgan fingerprint density at radius 3 is 2.47 bits per heavy atom. The summed E-state index contributed by atoms with van der Waals surface area (Å²) in [6, 6.07) is -0.600. The third kappa shape index (κ3) is 4.24. The Morgan fingerprint density at radius 2 is 1.94 bits per heavy atom. The first-order valence-electron chi connectivity index (χ1n) is 6.37. The lowest BCUT2D eigenvalue weighted by molar-refractivity contribution is -0.122. The number of rotatable bonds is 3. The fraction of sp³-hybridized carbons (Fsp3) is 0.833. The number of carbonyl (C=O) groups excluding carboxylic acids is 2. The van der Waals surface area contributed by atoms with E-state index >= 15 is 0 Å². The number of hydrogen-bond acceptors (Lipinski definition) is 2. The number of likely N-dealkylation sites (tertiary alicyclic amines) is 1. The highest BCUT2D eigenvalue weighted by molar-refractivity contribution is 5.86. The smallest absolute Gasteiger partial charge is 0.318 e. The van der Waals surface area contributed by atoms with E-state index in [-0.39, 0.29) is 11.9 Å². The van der Waals surface area contributed by atoms with Gasteiger partial charge in [0.25, 0.3) is 0 Å². The maximum atomic E-state index is 11.9. The zero-order chi connectivity index (χ0) is 12.8. The summed E-state index contributed by atoms with van der Waals surface area (Å²) < 4.78 is 0. The van der Waals surface area contributed by atoms with E-state index in [1.54, 1.807) is 11.8 Å². The lowest BCUT2D eigenvalue weighted by atomic mass is 10.00. The molecule has 5 nitrogen and oxygen atoms in total. The van der Waals surface area contributed by atoms with E-state index in [1.165, 1.54) is 0 Å². The summed E-state index contributed by atoms with van der Waals surface area (Å²) in [6.07, 6.45) is 2.09. The van der Waals surface area contributed by atoms with E-state index in [4.69, 9.17) is 0 Å². The highest BCUT2D eigenvalue weighted by atomic mass is 16.2. The highest BCUT2D eigenvalue weighted by Gasteiger charge is 2.22. The van der Waals surface area contributed by atoms with Crippen molar-refractivity contribution in [3.63, 3.8) is 0 Å². The van der Waals surface area contributed by atoms with Crippen LogP contribution in [0.5, 0.6) is 0 Å². The van der Waals surface area contributed by atoms with Crippen LogP contribution in [0.3, 0.4) is 0 Å². The minimum atomic E-state index is -0.471. The number of urea groups is 1. The number of amides is 3. The average molecular weight is 241 g/mol. The van der Waals surface area contributed by atoms with Crippen molar-refractivity contribution in [3.8, 4) is 0 Å². The summed E-state index contributed by atoms with van der Waals surface area (Å²) >= 11 is 0. The van der Waals surface area contributed by atoms with Crippen molar-refractivity contribution < 1.29 is 9.59 Å². The summed E-state index contributed by atoms with van der Waals surface area (Å²) in [5.74, 6) is 0.561. The fourth-order valence-electron chi connectivity index (χ4n) is 1.88. The van der Waals surface area contributed by atoms with Gasteiger partial charge in [0, 0.05) is 19.6 Å². The molecular formula is C12H23N3O2. The maximum Gasteiger partial charge on any atom is 0.318 e. The molecule has 0 aromatic rings. The van der Waals surface area contributed by atoms with Crippen LogP contribution in [0.25, 0.3) is 0 Å². The van der Waals surface area contributed by atoms with Gasteiger partial charge in [-0.2, -0.15) is 0 Å². The van der Waals surface area contributed by atoms with Crippen LogP contribution in [-0.2, 0) is 4.79 Å². The average Bonchev–Trinajstić information content (AvgIpc) is 2.30. The van der Waals surface area contributed by atoms with E-state index in [2.05, 4.69) is 17.6 Å². The number of likely N-dealkylation sites (N-methyl/N-ethyl adjacent to an activating group) is 1. The molecule has 3 amide bonds. The van der Waals surface area contributed by atoms with Gasteiger partial charge in [0.15, 0.2) is 0 Å². The lowest BCUT2D eigenvalue weighted by Gasteiger charge is -2.31. The largest absolute Gasteiger partial charge is 0.355 e. The number of piperidine rings is 1. The predicted molar refractivity (Wildman–Crippen MR) is 66.6 cm³/mol. The Morgan fingerprint density at radius 1 is 1.35 bits per heavy atom. The number of nitrogens with one attached hydrogen (secondary N) is 2. The van der Waals surface area contributed by atoms with E-state index < -0.39 is 6.04 Å². The molecule has 2 N–H and O–H groups in total. The number of hydrogen-bond donors (Lipinski definition) is 2. The van der Waals surface area contributed by atoms with Crippen LogP contribution in [0.1, 0.15) is 33.6 Å². The standard InChI is InChI=1S/C12H23N3O2/c1-4-13-11(16)10(3)14-12(17)15-7-5-9(2)6-8-15/h9-10H,4-8H2,1-3H3,(H,13,16)(H,14,17). The Hall–Kier alpha value is -1.26. The molecule has 1 heterocycles. The monoisotopic (exact) mass is 241 g/mol. The molecule has 0 aliphatic carbocycles. The van der Waals surface area contributed by atoms with Gasteiger partial charge >= 0.3 is 6.03 Å². The van der Waals surface area contributed by atoms with Gasteiger partial charge in [0.2, 0.25) is 5.91 Å². The SMILES string of the molecule is CCNC(=O)C(C)NC(=O)N1CCC(C)CC1. The van der Waals surface area contributed by atoms with Crippen LogP contribution in [-0.4, -0.2) is 42.5 Å². The summed E-state index contributed by atoms with van der Waals surface area (Å²) in [5, 5.41) is 5.41. The second-order valence-corrected chi connectivity index (χ2v) is 4.74. The summed E-state index contributed by atoms with van der Waals surface area (Å²) in [5.41, 5.74) is 0. The van der Waals surface area contributed by atoms with Crippen LogP contribution < -0.4 is 10.6 Å². The normalized spacial score (nSPS) is 18.6. The number of nitrogens with zero attached hydrogens (tertiary/aromatic N) is 1. The van der Waals surface area contributed by atoms with E-state index in [0.29, 0.717) is 12.5 Å². The molecule has 1 rings (SSSR count). The van der Waals surface area contributed by atoms with Crippen LogP contribution in [0.15, 0.2) is 0 Å². The molecule has 0 saturated carbocycles. The predicted octanol–water partition coefficient (Wildman–Crippen LogP) is 0.952. The molecule has 0 spiro atoms. The van der Waals surface area contributed by atoms with Gasteiger partial charge in [-0.25, -0.2) is 4.79 Å². The van der Waals surface area contributed by atoms with Crippen LogP contribution in [0.2, 0.25) is 0 Å². The van der Waals surface area contributed by atoms with Gasteiger partial charge in [-0.1, -0.05) is 6.92 Å². The summed E-state index contributed by atoms with van der Waals surface area (Å²) in [7, 11) is 0. The van der Waals surface area contributed by atoms with E-state index in [9.17, 15) is 9.59 Å². The van der Waals surface area contributed by atoms with Gasteiger partial charge in [0.1, 0.15) is 6.04 Å². The minimum Gasteiger partial charge on any atom is -0.355 e. The van der Waals surface area contributed by atoms with Crippen molar-refractivity contribution >= 4 is 11.9 Å². The highest BCUT2D eigenvalue weighted by Crippen LogP contribution is 2.15. The van der Waals surface area contributed by atoms with E-state index in [1.807, 2.05) is 6.92 Å². The van der Waals surface area contributed by atoms with Gasteiger partial charge < -0.3 is 15.5 Å². The molecule has 0 radical (unpaired) electrons. The van der Waals surface area contributed by atoms with Crippen molar-refractivity contribution in [1.29, 1.82) is 0 Å². The molecule has 0 bridgehead atoms. The molecule has 1 atom stereocenters. The molecule has 1 unspecified atom stereocenters. The molecule has 1 aliphatic heterocycles. The first kappa shape index (κ1) is 13.8. The van der Waals surface area contributed by atoms with Crippen molar-refractivity contribution in [2.75, 3.05) is 19.6 Å². The zero-order valence-electron chi connectivity index (χ0n) is 11.0. The topological polar surface area (TPSA) is 61.4 Å². The van der Waals surface area contributed by atoms with Gasteiger partial charge in [-0.05, 0) is 32.6 Å². The molecule has 98 valence electrons. The minimum absolute atomic E-state index is 0.129. The fourth-order valence-corrected chi connectivity index (χ4v) is 1.88. The second-order valence-electron chi connectivity index (χ2n) is 4.74. The Bertz CT molecular complexity index is 273. The third-order valence-electron chi connectivity index (χ3n) is 3.16. The zero-order valence-corrected chi connectivity index (χ0v) is 11.0. The van der Waals surface area contributed by atoms with Crippen molar-refractivity contribution in [2.45, 2.75) is 39.7 Å². The maximum absolute atomic E-state index is 11.9. The number of carbonyl (C=O) groups is 2. The first-order chi connectivity index (χ1) is 8.04. The molecule has 1 aliphatic rings. The second kappa shape index (κ2) is 6.47. The van der Waals surface area contributed by atoms with Crippen molar-refractivity contribution in [3.05, 3.63) is 0 Å². The van der Waals surface area contributed by atoms with Gasteiger partial charge in [-0.15, -0.1) is 0 Å². The summed E-state index contributed by atoms with van der Waals surface area (Å²) in [4.78, 5) is 25.1. The van der Waals surface area contributed by atoms with Crippen molar-refractivity contribution in [1.82, 2.24) is 15.5 Å². The van der Waals surface area contributed by atoms with Crippen molar-refractivity contribution in [2.24, 2.45) is 5.92 Å². The van der Waals surface area contributed by atoms with Gasteiger partial charge in [0.05, 0.1) is 0 Å². The molecule has 1 fully saturated rings. The first-order valence-corrected chi connectivity index (χ1v) is 6.37.